The lowest BCUT2D eigenvalue weighted by molar-refractivity contribution is -0.122. The lowest BCUT2D eigenvalue weighted by atomic mass is 10.1. The molecule has 7 heteroatoms. The maximum atomic E-state index is 11.6. The van der Waals surface area contributed by atoms with Crippen molar-refractivity contribution in [3.05, 3.63) is 0 Å². The van der Waals surface area contributed by atoms with Crippen LogP contribution in [0.5, 0.6) is 0 Å². The highest BCUT2D eigenvalue weighted by Crippen LogP contribution is 2.01. The van der Waals surface area contributed by atoms with Crippen LogP contribution >= 0.6 is 0 Å². The molecule has 0 rings (SSSR count). The lowest BCUT2D eigenvalue weighted by Gasteiger charge is -2.26. The number of amides is 1. The molecule has 1 atom stereocenters. The second-order valence-corrected chi connectivity index (χ2v) is 6.81. The Bertz CT molecular complexity index is 343. The number of nitrogens with zero attached hydrogens (tertiary/aromatic N) is 1. The molecule has 0 heterocycles. The first-order valence-corrected chi connectivity index (χ1v) is 8.21. The van der Waals surface area contributed by atoms with Gasteiger partial charge in [-0.3, -0.25) is 4.79 Å². The zero-order valence-corrected chi connectivity index (χ0v) is 12.3. The summed E-state index contributed by atoms with van der Waals surface area (Å²) in [5.41, 5.74) is 5.62. The van der Waals surface area contributed by atoms with E-state index in [1.165, 1.54) is 6.26 Å². The van der Waals surface area contributed by atoms with Crippen LogP contribution in [0.25, 0.3) is 0 Å². The Morgan fingerprint density at radius 1 is 1.44 bits per heavy atom. The molecule has 0 spiro atoms. The number of rotatable bonds is 9. The standard InChI is InChI=1S/C11H25N3O3S/c1-4-5-13-11(15)8-10(9-12)14(2)6-7-18(3,16)17/h10H,4-9,12H2,1-3H3,(H,13,15). The highest BCUT2D eigenvalue weighted by atomic mass is 32.2. The van der Waals surface area contributed by atoms with Crippen molar-refractivity contribution in [2.24, 2.45) is 5.73 Å². The third-order valence-electron chi connectivity index (χ3n) is 2.70. The van der Waals surface area contributed by atoms with Crippen LogP contribution in [0.3, 0.4) is 0 Å². The minimum Gasteiger partial charge on any atom is -0.356 e. The van der Waals surface area contributed by atoms with Crippen molar-refractivity contribution in [1.29, 1.82) is 0 Å². The predicted octanol–water partition coefficient (Wildman–Crippen LogP) is -0.794. The van der Waals surface area contributed by atoms with E-state index < -0.39 is 9.84 Å². The van der Waals surface area contributed by atoms with E-state index >= 15 is 0 Å². The Balaban J connectivity index is 4.18. The monoisotopic (exact) mass is 279 g/mol. The van der Waals surface area contributed by atoms with Crippen molar-refractivity contribution in [3.8, 4) is 0 Å². The first kappa shape index (κ1) is 17.3. The number of carbonyl (C=O) groups is 1. The van der Waals surface area contributed by atoms with Gasteiger partial charge in [-0.05, 0) is 13.5 Å². The van der Waals surface area contributed by atoms with Crippen LogP contribution in [-0.4, -0.2) is 64.0 Å². The fourth-order valence-electron chi connectivity index (χ4n) is 1.46. The van der Waals surface area contributed by atoms with Crippen molar-refractivity contribution in [1.82, 2.24) is 10.2 Å². The number of sulfone groups is 1. The topological polar surface area (TPSA) is 92.5 Å². The minimum atomic E-state index is -2.99. The fourth-order valence-corrected chi connectivity index (χ4v) is 2.08. The normalized spacial score (nSPS) is 13.6. The summed E-state index contributed by atoms with van der Waals surface area (Å²) in [6, 6.07) is -0.122. The lowest BCUT2D eigenvalue weighted by Crippen LogP contribution is -2.43. The van der Waals surface area contributed by atoms with Crippen molar-refractivity contribution < 1.29 is 13.2 Å². The van der Waals surface area contributed by atoms with Gasteiger partial charge in [0.25, 0.3) is 0 Å². The van der Waals surface area contributed by atoms with E-state index in [1.807, 2.05) is 11.8 Å². The maximum Gasteiger partial charge on any atom is 0.221 e. The Kier molecular flexibility index (Phi) is 8.13. The van der Waals surface area contributed by atoms with E-state index in [4.69, 9.17) is 5.73 Å². The van der Waals surface area contributed by atoms with Crippen LogP contribution in [-0.2, 0) is 14.6 Å². The number of nitrogens with two attached hydrogens (primary N) is 1. The fraction of sp³-hybridized carbons (Fsp3) is 0.909. The number of carbonyl (C=O) groups excluding carboxylic acids is 1. The summed E-state index contributed by atoms with van der Waals surface area (Å²) in [4.78, 5) is 13.4. The van der Waals surface area contributed by atoms with E-state index in [0.717, 1.165) is 6.42 Å². The minimum absolute atomic E-state index is 0.0431. The van der Waals surface area contributed by atoms with Crippen LogP contribution in [0.1, 0.15) is 19.8 Å². The molecule has 0 fully saturated rings. The molecule has 0 aromatic carbocycles. The number of likely N-dealkylation sites (N-methyl/N-ethyl adjacent to an activating group) is 1. The van der Waals surface area contributed by atoms with Gasteiger partial charge in [0.1, 0.15) is 9.84 Å². The molecule has 0 aromatic rings. The number of hydrogen-bond acceptors (Lipinski definition) is 5. The Labute approximate surface area is 110 Å². The summed E-state index contributed by atoms with van der Waals surface area (Å²) in [6.45, 7) is 3.36. The molecule has 0 aromatic heterocycles. The first-order chi connectivity index (χ1) is 8.30. The van der Waals surface area contributed by atoms with Gasteiger partial charge in [-0.1, -0.05) is 6.92 Å². The van der Waals surface area contributed by atoms with Gasteiger partial charge in [0.15, 0.2) is 0 Å². The molecule has 3 N–H and O–H groups in total. The van der Waals surface area contributed by atoms with Gasteiger partial charge in [0.05, 0.1) is 5.75 Å². The maximum absolute atomic E-state index is 11.6. The molecule has 0 aliphatic rings. The average Bonchev–Trinajstić information content (AvgIpc) is 2.29. The van der Waals surface area contributed by atoms with Crippen molar-refractivity contribution >= 4 is 15.7 Å². The average molecular weight is 279 g/mol. The van der Waals surface area contributed by atoms with E-state index in [9.17, 15) is 13.2 Å². The van der Waals surface area contributed by atoms with Crippen LogP contribution < -0.4 is 11.1 Å². The molecule has 1 amide bonds. The molecule has 108 valence electrons. The van der Waals surface area contributed by atoms with Crippen molar-refractivity contribution in [2.75, 3.05) is 38.7 Å². The zero-order chi connectivity index (χ0) is 14.2. The van der Waals surface area contributed by atoms with E-state index in [0.29, 0.717) is 26.1 Å². The summed E-state index contributed by atoms with van der Waals surface area (Å²) in [6.07, 6.45) is 2.39. The van der Waals surface area contributed by atoms with Crippen LogP contribution in [0.4, 0.5) is 0 Å². The van der Waals surface area contributed by atoms with Gasteiger partial charge in [-0.2, -0.15) is 0 Å². The molecule has 0 radical (unpaired) electrons. The first-order valence-electron chi connectivity index (χ1n) is 6.14. The van der Waals surface area contributed by atoms with Gasteiger partial charge < -0.3 is 16.0 Å². The van der Waals surface area contributed by atoms with Crippen LogP contribution in [0.15, 0.2) is 0 Å². The summed E-state index contributed by atoms with van der Waals surface area (Å²) in [7, 11) is -1.20. The summed E-state index contributed by atoms with van der Waals surface area (Å²) >= 11 is 0. The van der Waals surface area contributed by atoms with Gasteiger partial charge in [0.2, 0.25) is 5.91 Å². The molecule has 0 bridgehead atoms. The SMILES string of the molecule is CCCNC(=O)CC(CN)N(C)CCS(C)(=O)=O. The zero-order valence-electron chi connectivity index (χ0n) is 11.5. The predicted molar refractivity (Wildman–Crippen MR) is 73.1 cm³/mol. The highest BCUT2D eigenvalue weighted by molar-refractivity contribution is 7.90. The Morgan fingerprint density at radius 3 is 2.50 bits per heavy atom. The molecule has 0 aliphatic carbocycles. The molecule has 18 heavy (non-hydrogen) atoms. The third-order valence-corrected chi connectivity index (χ3v) is 3.63. The molecule has 1 unspecified atom stereocenters. The quantitative estimate of drug-likeness (QED) is 0.577. The van der Waals surface area contributed by atoms with Gasteiger partial charge >= 0.3 is 0 Å². The van der Waals surface area contributed by atoms with Crippen LogP contribution in [0.2, 0.25) is 0 Å². The molecule has 0 saturated heterocycles. The second-order valence-electron chi connectivity index (χ2n) is 4.55. The Hall–Kier alpha value is -0.660. The van der Waals surface area contributed by atoms with Gasteiger partial charge in [-0.15, -0.1) is 0 Å². The largest absolute Gasteiger partial charge is 0.356 e. The van der Waals surface area contributed by atoms with E-state index in [1.54, 1.807) is 7.05 Å². The summed E-state index contributed by atoms with van der Waals surface area (Å²) < 4.78 is 22.1. The molecular formula is C11H25N3O3S. The smallest absolute Gasteiger partial charge is 0.221 e. The van der Waals surface area contributed by atoms with Gasteiger partial charge in [0, 0.05) is 38.4 Å². The number of hydrogen-bond donors (Lipinski definition) is 2. The van der Waals surface area contributed by atoms with E-state index in [2.05, 4.69) is 5.32 Å². The molecule has 0 saturated carbocycles. The van der Waals surface area contributed by atoms with Crippen LogP contribution in [0, 0.1) is 0 Å². The number of nitrogens with one attached hydrogen (secondary N) is 1. The van der Waals surface area contributed by atoms with Crippen molar-refractivity contribution in [3.63, 3.8) is 0 Å². The van der Waals surface area contributed by atoms with E-state index in [-0.39, 0.29) is 17.7 Å². The van der Waals surface area contributed by atoms with Gasteiger partial charge in [-0.25, -0.2) is 8.42 Å². The second kappa shape index (κ2) is 8.44. The Morgan fingerprint density at radius 2 is 2.06 bits per heavy atom. The molecule has 0 aliphatic heterocycles. The highest BCUT2D eigenvalue weighted by Gasteiger charge is 2.18. The molecule has 6 nitrogen and oxygen atoms in total. The third kappa shape index (κ3) is 8.43. The van der Waals surface area contributed by atoms with Crippen molar-refractivity contribution in [2.45, 2.75) is 25.8 Å². The molecular weight excluding hydrogens is 254 g/mol. The summed E-state index contributed by atoms with van der Waals surface area (Å²) in [5, 5.41) is 2.78. The summed E-state index contributed by atoms with van der Waals surface area (Å²) in [5.74, 6) is 0.0369.